The number of nitrogens with zero attached hydrogens (tertiary/aromatic N) is 1. The third-order valence-corrected chi connectivity index (χ3v) is 5.25. The van der Waals surface area contributed by atoms with Crippen molar-refractivity contribution < 1.29 is 9.21 Å². The number of thioether (sulfide) groups is 1. The molecule has 0 atom stereocenters. The molecular weight excluding hydrogens is 392 g/mol. The van der Waals surface area contributed by atoms with E-state index in [0.717, 1.165) is 16.6 Å². The average molecular weight is 409 g/mol. The highest BCUT2D eigenvalue weighted by molar-refractivity contribution is 8.13. The van der Waals surface area contributed by atoms with Crippen LogP contribution in [0.25, 0.3) is 11.1 Å². The molecule has 0 aliphatic carbocycles. The van der Waals surface area contributed by atoms with Crippen LogP contribution in [0.4, 0.5) is 10.5 Å². The van der Waals surface area contributed by atoms with E-state index >= 15 is 0 Å². The maximum atomic E-state index is 12.2. The summed E-state index contributed by atoms with van der Waals surface area (Å²) in [5.74, 6) is 1.25. The smallest absolute Gasteiger partial charge is 0.283 e. The molecule has 0 radical (unpaired) electrons. The minimum absolute atomic E-state index is 0.104. The van der Waals surface area contributed by atoms with Crippen molar-refractivity contribution in [2.75, 3.05) is 5.32 Å². The lowest BCUT2D eigenvalue weighted by atomic mass is 10.1. The van der Waals surface area contributed by atoms with Gasteiger partial charge in [0.15, 0.2) is 11.5 Å². The Labute approximate surface area is 171 Å². The number of amides is 1. The van der Waals surface area contributed by atoms with Crippen LogP contribution in [0, 0.1) is 0 Å². The number of benzene rings is 3. The first-order valence-electron chi connectivity index (χ1n) is 8.77. The molecule has 1 aromatic heterocycles. The lowest BCUT2D eigenvalue weighted by Gasteiger charge is -2.04. The fourth-order valence-electron chi connectivity index (χ4n) is 2.78. The summed E-state index contributed by atoms with van der Waals surface area (Å²) in [6, 6.07) is 23.0. The number of oxazole rings is 1. The summed E-state index contributed by atoms with van der Waals surface area (Å²) in [5.41, 5.74) is 4.29. The molecule has 1 heterocycles. The van der Waals surface area contributed by atoms with Crippen LogP contribution in [0.3, 0.4) is 0 Å². The third-order valence-electron chi connectivity index (χ3n) is 4.16. The Bertz CT molecular complexity index is 1090. The monoisotopic (exact) mass is 408 g/mol. The SMILES string of the molecule is O=C(Nc1ccc2oc(Cc3ccc(Cl)cc3)nc2c1)SCc1ccccc1. The molecular formula is C22H17ClN2O2S. The maximum absolute atomic E-state index is 12.2. The molecule has 4 rings (SSSR count). The zero-order chi connectivity index (χ0) is 19.3. The molecule has 28 heavy (non-hydrogen) atoms. The van der Waals surface area contributed by atoms with Crippen LogP contribution in [-0.4, -0.2) is 10.2 Å². The van der Waals surface area contributed by atoms with Gasteiger partial charge in [-0.05, 0) is 41.5 Å². The number of rotatable bonds is 5. The zero-order valence-corrected chi connectivity index (χ0v) is 16.5. The lowest BCUT2D eigenvalue weighted by molar-refractivity contribution is 0.269. The Morgan fingerprint density at radius 2 is 1.79 bits per heavy atom. The first-order chi connectivity index (χ1) is 13.7. The van der Waals surface area contributed by atoms with Crippen molar-refractivity contribution in [2.45, 2.75) is 12.2 Å². The molecule has 0 saturated heterocycles. The Hall–Kier alpha value is -2.76. The Morgan fingerprint density at radius 1 is 1.00 bits per heavy atom. The quantitative estimate of drug-likeness (QED) is 0.407. The standard InChI is InChI=1S/C22H17ClN2O2S/c23-17-8-6-15(7-9-17)12-21-25-19-13-18(10-11-20(19)27-21)24-22(26)28-14-16-4-2-1-3-5-16/h1-11,13H,12,14H2,(H,24,26). The Balaban J connectivity index is 1.41. The summed E-state index contributed by atoms with van der Waals surface area (Å²) in [4.78, 5) is 16.7. The van der Waals surface area contributed by atoms with E-state index in [1.165, 1.54) is 11.8 Å². The number of nitrogens with one attached hydrogen (secondary N) is 1. The first kappa shape index (κ1) is 18.6. The van der Waals surface area contributed by atoms with E-state index in [-0.39, 0.29) is 5.24 Å². The summed E-state index contributed by atoms with van der Waals surface area (Å²) in [6.45, 7) is 0. The summed E-state index contributed by atoms with van der Waals surface area (Å²) in [7, 11) is 0. The first-order valence-corrected chi connectivity index (χ1v) is 10.1. The van der Waals surface area contributed by atoms with E-state index in [1.54, 1.807) is 0 Å². The highest BCUT2D eigenvalue weighted by Gasteiger charge is 2.10. The minimum atomic E-state index is -0.104. The predicted octanol–water partition coefficient (Wildman–Crippen LogP) is 6.54. The average Bonchev–Trinajstić information content (AvgIpc) is 3.10. The van der Waals surface area contributed by atoms with E-state index in [9.17, 15) is 4.79 Å². The fourth-order valence-corrected chi connectivity index (χ4v) is 3.59. The molecule has 0 spiro atoms. The molecule has 4 nitrogen and oxygen atoms in total. The second-order valence-electron chi connectivity index (χ2n) is 6.28. The largest absolute Gasteiger partial charge is 0.440 e. The van der Waals surface area contributed by atoms with Crippen molar-refractivity contribution in [2.24, 2.45) is 0 Å². The summed E-state index contributed by atoms with van der Waals surface area (Å²) in [6.07, 6.45) is 0.584. The number of carbonyl (C=O) groups is 1. The normalized spacial score (nSPS) is 10.9. The Kier molecular flexibility index (Phi) is 5.65. The van der Waals surface area contributed by atoms with Gasteiger partial charge in [0.05, 0.1) is 0 Å². The van der Waals surface area contributed by atoms with Crippen molar-refractivity contribution in [3.8, 4) is 0 Å². The van der Waals surface area contributed by atoms with E-state index in [1.807, 2.05) is 72.8 Å². The second kappa shape index (κ2) is 8.50. The van der Waals surface area contributed by atoms with Crippen LogP contribution in [-0.2, 0) is 12.2 Å². The van der Waals surface area contributed by atoms with E-state index in [2.05, 4.69) is 10.3 Å². The second-order valence-corrected chi connectivity index (χ2v) is 7.66. The van der Waals surface area contributed by atoms with Crippen molar-refractivity contribution >= 4 is 45.4 Å². The molecule has 0 saturated carbocycles. The number of aromatic nitrogens is 1. The highest BCUT2D eigenvalue weighted by Crippen LogP contribution is 2.23. The minimum Gasteiger partial charge on any atom is -0.440 e. The van der Waals surface area contributed by atoms with Crippen LogP contribution in [0.2, 0.25) is 5.02 Å². The summed E-state index contributed by atoms with van der Waals surface area (Å²) < 4.78 is 5.81. The van der Waals surface area contributed by atoms with Gasteiger partial charge in [-0.25, -0.2) is 4.98 Å². The van der Waals surface area contributed by atoms with Gasteiger partial charge in [0.2, 0.25) is 0 Å². The van der Waals surface area contributed by atoms with Crippen molar-refractivity contribution in [1.29, 1.82) is 0 Å². The van der Waals surface area contributed by atoms with Crippen LogP contribution in [0.5, 0.6) is 0 Å². The topological polar surface area (TPSA) is 55.1 Å². The van der Waals surface area contributed by atoms with E-state index in [0.29, 0.717) is 34.4 Å². The Morgan fingerprint density at radius 3 is 2.57 bits per heavy atom. The number of hydrogen-bond donors (Lipinski definition) is 1. The third kappa shape index (κ3) is 4.74. The molecule has 0 fully saturated rings. The van der Waals surface area contributed by atoms with Gasteiger partial charge in [0, 0.05) is 22.9 Å². The molecule has 4 aromatic rings. The van der Waals surface area contributed by atoms with Crippen LogP contribution >= 0.6 is 23.4 Å². The molecule has 0 bridgehead atoms. The summed E-state index contributed by atoms with van der Waals surface area (Å²) in [5, 5.41) is 3.49. The summed E-state index contributed by atoms with van der Waals surface area (Å²) >= 11 is 7.15. The number of carbonyl (C=O) groups excluding carboxylic acids is 1. The van der Waals surface area contributed by atoms with Gasteiger partial charge in [-0.3, -0.25) is 4.79 Å². The van der Waals surface area contributed by atoms with Crippen LogP contribution in [0.15, 0.2) is 77.2 Å². The molecule has 1 N–H and O–H groups in total. The zero-order valence-electron chi connectivity index (χ0n) is 14.9. The van der Waals surface area contributed by atoms with Gasteiger partial charge >= 0.3 is 0 Å². The molecule has 3 aromatic carbocycles. The van der Waals surface area contributed by atoms with Gasteiger partial charge in [-0.15, -0.1) is 0 Å². The van der Waals surface area contributed by atoms with Crippen molar-refractivity contribution in [3.05, 3.63) is 94.8 Å². The van der Waals surface area contributed by atoms with Gasteiger partial charge in [-0.2, -0.15) is 0 Å². The fraction of sp³-hybridized carbons (Fsp3) is 0.0909. The van der Waals surface area contributed by atoms with E-state index < -0.39 is 0 Å². The number of anilines is 1. The van der Waals surface area contributed by atoms with Gasteiger partial charge in [-0.1, -0.05) is 65.8 Å². The van der Waals surface area contributed by atoms with Crippen molar-refractivity contribution in [1.82, 2.24) is 4.98 Å². The molecule has 1 amide bonds. The maximum Gasteiger partial charge on any atom is 0.283 e. The molecule has 6 heteroatoms. The molecule has 0 unspecified atom stereocenters. The number of fused-ring (bicyclic) bond motifs is 1. The van der Waals surface area contributed by atoms with Gasteiger partial charge < -0.3 is 9.73 Å². The van der Waals surface area contributed by atoms with Crippen LogP contribution < -0.4 is 5.32 Å². The predicted molar refractivity (Wildman–Crippen MR) is 115 cm³/mol. The van der Waals surface area contributed by atoms with Crippen LogP contribution in [0.1, 0.15) is 17.0 Å². The van der Waals surface area contributed by atoms with Gasteiger partial charge in [0.1, 0.15) is 5.52 Å². The highest BCUT2D eigenvalue weighted by atomic mass is 35.5. The van der Waals surface area contributed by atoms with Crippen molar-refractivity contribution in [3.63, 3.8) is 0 Å². The number of halogens is 1. The number of hydrogen-bond acceptors (Lipinski definition) is 4. The van der Waals surface area contributed by atoms with E-state index in [4.69, 9.17) is 16.0 Å². The molecule has 0 aliphatic heterocycles. The van der Waals surface area contributed by atoms with Gasteiger partial charge in [0.25, 0.3) is 5.24 Å². The lowest BCUT2D eigenvalue weighted by Crippen LogP contribution is -2.05. The molecule has 140 valence electrons. The molecule has 0 aliphatic rings.